The Morgan fingerprint density at radius 3 is 2.48 bits per heavy atom. The Morgan fingerprint density at radius 2 is 1.92 bits per heavy atom. The van der Waals surface area contributed by atoms with Crippen molar-refractivity contribution in [3.63, 3.8) is 0 Å². The van der Waals surface area contributed by atoms with Gasteiger partial charge in [0.1, 0.15) is 5.75 Å². The summed E-state index contributed by atoms with van der Waals surface area (Å²) in [6.07, 6.45) is 4.87. The summed E-state index contributed by atoms with van der Waals surface area (Å²) in [7, 11) is 0. The molecule has 0 saturated heterocycles. The fourth-order valence-electron chi connectivity index (χ4n) is 3.18. The summed E-state index contributed by atoms with van der Waals surface area (Å²) in [4.78, 5) is 15.7. The molecule has 0 amide bonds. The van der Waals surface area contributed by atoms with E-state index in [1.807, 2.05) is 0 Å². The number of pyridine rings is 1. The summed E-state index contributed by atoms with van der Waals surface area (Å²) < 4.78 is 45.1. The Morgan fingerprint density at radius 1 is 1.20 bits per heavy atom. The summed E-state index contributed by atoms with van der Waals surface area (Å²) >= 11 is 0. The van der Waals surface area contributed by atoms with Gasteiger partial charge in [0.2, 0.25) is 5.88 Å². The Balaban J connectivity index is 1.77. The predicted octanol–water partition coefficient (Wildman–Crippen LogP) is 5.27. The van der Waals surface area contributed by atoms with Crippen molar-refractivity contribution in [2.75, 3.05) is 0 Å². The number of carbonyl (C=O) groups is 1. The van der Waals surface area contributed by atoms with Crippen molar-refractivity contribution >= 4 is 5.97 Å². The number of esters is 1. The SMILES string of the molecule is CCCCCC1CCC(C(=O)Oc2ccc(OC(F)(F)F)nc2)CC1. The van der Waals surface area contributed by atoms with Gasteiger partial charge in [-0.2, -0.15) is 0 Å². The highest BCUT2D eigenvalue weighted by atomic mass is 19.4. The van der Waals surface area contributed by atoms with Gasteiger partial charge < -0.3 is 9.47 Å². The molecule has 1 fully saturated rings. The van der Waals surface area contributed by atoms with E-state index in [-0.39, 0.29) is 17.6 Å². The average molecular weight is 359 g/mol. The van der Waals surface area contributed by atoms with Crippen LogP contribution in [0.3, 0.4) is 0 Å². The first kappa shape index (κ1) is 19.5. The number of alkyl halides is 3. The van der Waals surface area contributed by atoms with E-state index >= 15 is 0 Å². The fraction of sp³-hybridized carbons (Fsp3) is 0.667. The second-order valence-corrected chi connectivity index (χ2v) is 6.51. The van der Waals surface area contributed by atoms with E-state index in [1.54, 1.807) is 0 Å². The van der Waals surface area contributed by atoms with Gasteiger partial charge in [-0.3, -0.25) is 4.79 Å². The van der Waals surface area contributed by atoms with Gasteiger partial charge in [0.05, 0.1) is 12.1 Å². The lowest BCUT2D eigenvalue weighted by Gasteiger charge is -2.27. The van der Waals surface area contributed by atoms with E-state index in [0.717, 1.165) is 37.9 Å². The number of hydrogen-bond donors (Lipinski definition) is 0. The third kappa shape index (κ3) is 6.92. The molecule has 0 bridgehead atoms. The molecule has 2 rings (SSSR count). The van der Waals surface area contributed by atoms with Crippen molar-refractivity contribution in [3.05, 3.63) is 18.3 Å². The third-order valence-electron chi connectivity index (χ3n) is 4.54. The zero-order valence-electron chi connectivity index (χ0n) is 14.3. The quantitative estimate of drug-likeness (QED) is 0.491. The zero-order valence-corrected chi connectivity index (χ0v) is 14.3. The zero-order chi connectivity index (χ0) is 18.3. The molecule has 1 aliphatic rings. The highest BCUT2D eigenvalue weighted by Gasteiger charge is 2.32. The average Bonchev–Trinajstić information content (AvgIpc) is 2.56. The van der Waals surface area contributed by atoms with Crippen LogP contribution >= 0.6 is 0 Å². The number of aromatic nitrogens is 1. The van der Waals surface area contributed by atoms with Gasteiger partial charge in [0, 0.05) is 6.07 Å². The van der Waals surface area contributed by atoms with E-state index in [0.29, 0.717) is 5.92 Å². The van der Waals surface area contributed by atoms with Gasteiger partial charge >= 0.3 is 12.3 Å². The maximum absolute atomic E-state index is 12.2. The molecule has 1 aromatic heterocycles. The largest absolute Gasteiger partial charge is 0.574 e. The maximum Gasteiger partial charge on any atom is 0.574 e. The van der Waals surface area contributed by atoms with Crippen LogP contribution in [-0.2, 0) is 4.79 Å². The molecule has 0 radical (unpaired) electrons. The topological polar surface area (TPSA) is 48.4 Å². The van der Waals surface area contributed by atoms with Crippen LogP contribution in [0.5, 0.6) is 11.6 Å². The summed E-state index contributed by atoms with van der Waals surface area (Å²) in [6, 6.07) is 2.28. The standard InChI is InChI=1S/C18H24F3NO3/c1-2-3-4-5-13-6-8-14(9-7-13)17(23)24-15-10-11-16(22-12-15)25-18(19,20)21/h10-14H,2-9H2,1H3. The van der Waals surface area contributed by atoms with Gasteiger partial charge in [0.25, 0.3) is 0 Å². The van der Waals surface area contributed by atoms with E-state index < -0.39 is 12.2 Å². The predicted molar refractivity (Wildman–Crippen MR) is 86.1 cm³/mol. The van der Waals surface area contributed by atoms with Gasteiger partial charge in [-0.1, -0.05) is 32.6 Å². The van der Waals surface area contributed by atoms with Crippen LogP contribution in [-0.4, -0.2) is 17.3 Å². The van der Waals surface area contributed by atoms with Crippen molar-refractivity contribution in [2.45, 2.75) is 64.7 Å². The Hall–Kier alpha value is -1.79. The Bertz CT molecular complexity index is 537. The van der Waals surface area contributed by atoms with Gasteiger partial charge in [-0.15, -0.1) is 13.2 Å². The molecule has 1 heterocycles. The second-order valence-electron chi connectivity index (χ2n) is 6.51. The minimum absolute atomic E-state index is 0.129. The summed E-state index contributed by atoms with van der Waals surface area (Å²) in [5, 5.41) is 0. The minimum atomic E-state index is -4.79. The normalized spacial score (nSPS) is 21.0. The highest BCUT2D eigenvalue weighted by Crippen LogP contribution is 2.33. The molecule has 0 atom stereocenters. The van der Waals surface area contributed by atoms with Crippen LogP contribution in [0.2, 0.25) is 0 Å². The molecular formula is C18H24F3NO3. The highest BCUT2D eigenvalue weighted by molar-refractivity contribution is 5.75. The molecule has 140 valence electrons. The maximum atomic E-state index is 12.2. The van der Waals surface area contributed by atoms with Crippen LogP contribution in [0, 0.1) is 11.8 Å². The molecule has 1 saturated carbocycles. The lowest BCUT2D eigenvalue weighted by molar-refractivity contribution is -0.276. The molecule has 1 aromatic rings. The number of hydrogen-bond acceptors (Lipinski definition) is 4. The first-order valence-corrected chi connectivity index (χ1v) is 8.81. The number of ether oxygens (including phenoxy) is 2. The molecule has 4 nitrogen and oxygen atoms in total. The minimum Gasteiger partial charge on any atom is -0.425 e. The van der Waals surface area contributed by atoms with Gasteiger partial charge in [-0.25, -0.2) is 4.98 Å². The monoisotopic (exact) mass is 359 g/mol. The van der Waals surface area contributed by atoms with Crippen molar-refractivity contribution in [1.82, 2.24) is 4.98 Å². The first-order valence-electron chi connectivity index (χ1n) is 8.81. The van der Waals surface area contributed by atoms with E-state index in [2.05, 4.69) is 16.6 Å². The second kappa shape index (κ2) is 9.06. The molecule has 7 heteroatoms. The van der Waals surface area contributed by atoms with E-state index in [9.17, 15) is 18.0 Å². The Kier molecular flexibility index (Phi) is 7.08. The number of rotatable bonds is 7. The van der Waals surface area contributed by atoms with Crippen molar-refractivity contribution in [2.24, 2.45) is 11.8 Å². The van der Waals surface area contributed by atoms with Crippen molar-refractivity contribution < 1.29 is 27.4 Å². The molecule has 0 unspecified atom stereocenters. The van der Waals surface area contributed by atoms with Crippen molar-refractivity contribution in [3.8, 4) is 11.6 Å². The summed E-state index contributed by atoms with van der Waals surface area (Å²) in [5.41, 5.74) is 0. The fourth-order valence-corrected chi connectivity index (χ4v) is 3.18. The molecule has 0 N–H and O–H groups in total. The molecule has 25 heavy (non-hydrogen) atoms. The van der Waals surface area contributed by atoms with Crippen LogP contribution in [0.15, 0.2) is 18.3 Å². The van der Waals surface area contributed by atoms with Gasteiger partial charge in [-0.05, 0) is 37.7 Å². The van der Waals surface area contributed by atoms with Crippen molar-refractivity contribution in [1.29, 1.82) is 0 Å². The van der Waals surface area contributed by atoms with E-state index in [4.69, 9.17) is 4.74 Å². The smallest absolute Gasteiger partial charge is 0.425 e. The molecule has 0 spiro atoms. The van der Waals surface area contributed by atoms with Crippen LogP contribution in [0.4, 0.5) is 13.2 Å². The molecular weight excluding hydrogens is 335 g/mol. The molecule has 0 aromatic carbocycles. The first-order chi connectivity index (χ1) is 11.9. The third-order valence-corrected chi connectivity index (χ3v) is 4.54. The van der Waals surface area contributed by atoms with Crippen LogP contribution < -0.4 is 9.47 Å². The number of unbranched alkanes of at least 4 members (excludes halogenated alkanes) is 2. The lowest BCUT2D eigenvalue weighted by Crippen LogP contribution is -2.25. The van der Waals surface area contributed by atoms with Crippen LogP contribution in [0.25, 0.3) is 0 Å². The number of carbonyl (C=O) groups excluding carboxylic acids is 1. The molecule has 1 aliphatic carbocycles. The lowest BCUT2D eigenvalue weighted by atomic mass is 9.80. The van der Waals surface area contributed by atoms with Crippen LogP contribution in [0.1, 0.15) is 58.3 Å². The molecule has 0 aliphatic heterocycles. The number of nitrogens with zero attached hydrogens (tertiary/aromatic N) is 1. The van der Waals surface area contributed by atoms with E-state index in [1.165, 1.54) is 31.7 Å². The summed E-state index contributed by atoms with van der Waals surface area (Å²) in [6.45, 7) is 2.18. The number of halogens is 3. The van der Waals surface area contributed by atoms with Gasteiger partial charge in [0.15, 0.2) is 0 Å². The Labute approximate surface area is 145 Å². The summed E-state index contributed by atoms with van der Waals surface area (Å²) in [5.74, 6) is -0.243.